The summed E-state index contributed by atoms with van der Waals surface area (Å²) in [6, 6.07) is 174. The minimum Gasteiger partial charge on any atom is -0.309 e. The van der Waals surface area contributed by atoms with Crippen LogP contribution in [-0.4, -0.2) is 63.1 Å². The fourth-order valence-electron chi connectivity index (χ4n) is 22.2. The van der Waals surface area contributed by atoms with Crippen LogP contribution in [0.25, 0.3) is 277 Å². The predicted molar refractivity (Wildman–Crippen MR) is 611 cm³/mol. The number of rotatable bonds is 13. The molecule has 0 spiro atoms. The molecule has 0 bridgehead atoms. The second kappa shape index (κ2) is 36.1. The molecule has 0 aliphatic carbocycles. The zero-order valence-corrected chi connectivity index (χ0v) is 79.9. The summed E-state index contributed by atoms with van der Waals surface area (Å²) >= 11 is 0. The minimum atomic E-state index is 0.592. The molecule has 0 saturated carbocycles. The highest BCUT2D eigenvalue weighted by Gasteiger charge is 2.26. The normalized spacial score (nSPS) is 11.6. The Labute approximate surface area is 849 Å². The first-order valence-corrected chi connectivity index (χ1v) is 49.9. The number of hydrogen-bond acceptors (Lipinski definition) is 9. The van der Waals surface area contributed by atoms with E-state index in [4.69, 9.17) is 44.9 Å². The number of hydrogen-bond donors (Lipinski definition) is 0. The Morgan fingerprint density at radius 2 is 0.331 bits per heavy atom. The Morgan fingerprint density at radius 1 is 0.128 bits per heavy atom. The van der Waals surface area contributed by atoms with Crippen LogP contribution in [0.5, 0.6) is 0 Å². The molecule has 11 aromatic heterocycles. The van der Waals surface area contributed by atoms with Crippen LogP contribution in [0.4, 0.5) is 0 Å². The van der Waals surface area contributed by atoms with Crippen molar-refractivity contribution in [1.29, 1.82) is 0 Å². The van der Waals surface area contributed by atoms with Crippen molar-refractivity contribution in [2.75, 3.05) is 0 Å². The monoisotopic (exact) mass is 1890 g/mol. The number of benzene rings is 19. The second-order valence-corrected chi connectivity index (χ2v) is 37.3. The van der Waals surface area contributed by atoms with Crippen LogP contribution >= 0.6 is 0 Å². The second-order valence-electron chi connectivity index (χ2n) is 37.3. The molecule has 13 nitrogen and oxygen atoms in total. The Morgan fingerprint density at radius 3 is 0.608 bits per heavy atom. The van der Waals surface area contributed by atoms with Gasteiger partial charge >= 0.3 is 0 Å². The van der Waals surface area contributed by atoms with E-state index in [-0.39, 0.29) is 0 Å². The lowest BCUT2D eigenvalue weighted by Gasteiger charge is -2.15. The molecular formula is C135H85N13. The van der Waals surface area contributed by atoms with E-state index in [1.165, 1.54) is 87.2 Å². The molecule has 0 amide bonds. The molecule has 13 heteroatoms. The lowest BCUT2D eigenvalue weighted by molar-refractivity contribution is 1.07. The molecule has 19 aromatic carbocycles. The molecule has 0 fully saturated rings. The maximum Gasteiger partial charge on any atom is 0.164 e. The van der Waals surface area contributed by atoms with E-state index in [9.17, 15) is 0 Å². The van der Waals surface area contributed by atoms with Crippen molar-refractivity contribution in [1.82, 2.24) is 63.1 Å². The van der Waals surface area contributed by atoms with Gasteiger partial charge in [0, 0.05) is 167 Å². The molecule has 148 heavy (non-hydrogen) atoms. The van der Waals surface area contributed by atoms with Crippen LogP contribution in [-0.2, 0) is 0 Å². The average molecular weight is 1890 g/mol. The van der Waals surface area contributed by atoms with Crippen LogP contribution in [0.15, 0.2) is 516 Å². The molecule has 30 rings (SSSR count). The van der Waals surface area contributed by atoms with Crippen LogP contribution < -0.4 is 0 Å². The summed E-state index contributed by atoms with van der Waals surface area (Å²) in [6.45, 7) is 0. The van der Waals surface area contributed by atoms with Gasteiger partial charge in [-0.15, -0.1) is 0 Å². The topological polar surface area (TPSA) is 136 Å². The molecule has 0 atom stereocenters. The van der Waals surface area contributed by atoms with Crippen LogP contribution in [0, 0.1) is 0 Å². The summed E-state index contributed by atoms with van der Waals surface area (Å²) < 4.78 is 9.39. The van der Waals surface area contributed by atoms with Gasteiger partial charge in [-0.1, -0.05) is 358 Å². The summed E-state index contributed by atoms with van der Waals surface area (Å²) in [4.78, 5) is 45.8. The zero-order valence-electron chi connectivity index (χ0n) is 79.9. The maximum atomic E-state index is 5.34. The van der Waals surface area contributed by atoms with Crippen molar-refractivity contribution in [3.05, 3.63) is 516 Å². The summed E-state index contributed by atoms with van der Waals surface area (Å²) in [6.07, 6.45) is 5.74. The highest BCUT2D eigenvalue weighted by Crippen LogP contribution is 2.47. The summed E-state index contributed by atoms with van der Waals surface area (Å²) in [5.41, 5.74) is 31.3. The lowest BCUT2D eigenvalue weighted by atomic mass is 9.95. The van der Waals surface area contributed by atoms with Crippen molar-refractivity contribution in [2.24, 2.45) is 0 Å². The van der Waals surface area contributed by atoms with Gasteiger partial charge in [0.1, 0.15) is 0 Å². The maximum absolute atomic E-state index is 5.34. The van der Waals surface area contributed by atoms with E-state index >= 15 is 0 Å². The molecule has 0 aliphatic rings. The van der Waals surface area contributed by atoms with Crippen molar-refractivity contribution in [3.8, 4) is 124 Å². The van der Waals surface area contributed by atoms with Crippen molar-refractivity contribution < 1.29 is 0 Å². The quantitative estimate of drug-likeness (QED) is 0.103. The largest absolute Gasteiger partial charge is 0.309 e. The van der Waals surface area contributed by atoms with E-state index in [1.807, 2.05) is 97.5 Å². The fourth-order valence-corrected chi connectivity index (χ4v) is 22.2. The van der Waals surface area contributed by atoms with Crippen LogP contribution in [0.3, 0.4) is 0 Å². The van der Waals surface area contributed by atoms with E-state index in [0.717, 1.165) is 172 Å². The zero-order chi connectivity index (χ0) is 97.6. The van der Waals surface area contributed by atoms with Crippen molar-refractivity contribution in [2.45, 2.75) is 0 Å². The van der Waals surface area contributed by atoms with Gasteiger partial charge in [-0.05, 0) is 156 Å². The third-order valence-electron chi connectivity index (χ3n) is 28.9. The Kier molecular flexibility index (Phi) is 20.9. The molecule has 0 radical (unpaired) electrons. The Bertz CT molecular complexity index is 10200. The Hall–Kier alpha value is -20.2. The molecular weight excluding hydrogens is 1800 g/mol. The third kappa shape index (κ3) is 14.7. The number of para-hydroxylation sites is 11. The van der Waals surface area contributed by atoms with E-state index < -0.39 is 0 Å². The van der Waals surface area contributed by atoms with Gasteiger partial charge in [0.25, 0.3) is 0 Å². The first-order valence-electron chi connectivity index (χ1n) is 49.9. The van der Waals surface area contributed by atoms with Gasteiger partial charge < -0.3 is 18.3 Å². The SMILES string of the molecule is c1ccc(-c2nc(-c3ccccc3)nc(-c3cccc(-c4nccc5c4c(-c4ccc(-n6c7ccccc7c7ccccc76)cc4)nc4ccccc45)c3)n2)cc1.c1ccc(-c2nccc3c2c(-c2ccc(-n4c5ccccc5c5ccccc54)cc2)nc2ccccc23)cc1.c1ccc2c(c1)nc(-c1ccc(-n3c4ccccc4c4ccccc43)cc1)c1c(-c3ccc(-n4c5ccccc5c5ccccc54)cc3)nccc12. The van der Waals surface area contributed by atoms with Gasteiger partial charge in [-0.3, -0.25) is 15.0 Å². The molecule has 11 heterocycles. The summed E-state index contributed by atoms with van der Waals surface area (Å²) in [5, 5.41) is 19.9. The van der Waals surface area contributed by atoms with E-state index in [2.05, 4.69) is 437 Å². The average Bonchev–Trinajstić information content (AvgIpc) is 1.76. The highest BCUT2D eigenvalue weighted by atomic mass is 15.0. The number of pyridine rings is 6. The Balaban J connectivity index is 0.000000109. The van der Waals surface area contributed by atoms with Crippen LogP contribution in [0.2, 0.25) is 0 Å². The van der Waals surface area contributed by atoms with Crippen LogP contribution in [0.1, 0.15) is 0 Å². The van der Waals surface area contributed by atoms with Crippen molar-refractivity contribution in [3.63, 3.8) is 0 Å². The highest BCUT2D eigenvalue weighted by molar-refractivity contribution is 6.20. The fraction of sp³-hybridized carbons (Fsp3) is 0. The first-order chi connectivity index (χ1) is 73.4. The smallest absolute Gasteiger partial charge is 0.164 e. The summed E-state index contributed by atoms with van der Waals surface area (Å²) in [5.74, 6) is 1.83. The minimum absolute atomic E-state index is 0.592. The first kappa shape index (κ1) is 85.8. The number of nitrogens with zero attached hydrogens (tertiary/aromatic N) is 13. The van der Waals surface area contributed by atoms with Crippen molar-refractivity contribution >= 4 is 152 Å². The molecule has 0 unspecified atom stereocenters. The van der Waals surface area contributed by atoms with Gasteiger partial charge in [-0.2, -0.15) is 0 Å². The molecule has 30 aromatic rings. The van der Waals surface area contributed by atoms with Gasteiger partial charge in [0.2, 0.25) is 0 Å². The molecule has 690 valence electrons. The molecule has 0 saturated heterocycles. The molecule has 0 N–H and O–H groups in total. The number of aromatic nitrogens is 13. The standard InChI is InChI=1S/C51H32N6.C48H30N4.C36H23N3/c1-3-14-34(15-4-1)49-54-50(35-16-5-2-6-17-35)56-51(55-49)37-19-13-18-36(32-37)47-46-42(30-31-52-47)39-20-7-10-23-43(39)53-48(46)33-26-28-38(29-27-33)57-44-24-11-8-21-40(44)41-22-9-12-25-45(41)57;1-6-16-41-35(11-1)40-29-30-49-47(31-21-25-33(26-22-31)51-42-17-7-2-12-36(42)37-13-3-8-18-43(37)51)46(40)48(50-41)32-23-27-34(28-24-32)52-44-19-9-4-14-38(44)39-15-5-10-20-45(39)52;1-2-10-24(11-3-1)35-34-30(22-23-37-35)27-12-4-7-15-31(27)38-36(34)25-18-20-26(21-19-25)39-32-16-8-5-13-28(32)29-14-6-9-17-33(29)39/h1-32H;1-30H;1-23H. The summed E-state index contributed by atoms with van der Waals surface area (Å²) in [7, 11) is 0. The van der Waals surface area contributed by atoms with Gasteiger partial charge in [-0.25, -0.2) is 29.9 Å². The number of fused-ring (bicyclic) bond motifs is 21. The van der Waals surface area contributed by atoms with E-state index in [1.54, 1.807) is 0 Å². The third-order valence-corrected chi connectivity index (χ3v) is 28.9. The van der Waals surface area contributed by atoms with Gasteiger partial charge in [0.05, 0.1) is 94.8 Å². The lowest BCUT2D eigenvalue weighted by Crippen LogP contribution is -2.00. The molecule has 0 aliphatic heterocycles. The van der Waals surface area contributed by atoms with Gasteiger partial charge in [0.15, 0.2) is 17.5 Å². The van der Waals surface area contributed by atoms with E-state index in [0.29, 0.717) is 17.5 Å². The predicted octanol–water partition coefficient (Wildman–Crippen LogP) is 33.9.